The Morgan fingerprint density at radius 3 is 2.64 bits per heavy atom. The molecule has 0 aromatic carbocycles. The highest BCUT2D eigenvalue weighted by molar-refractivity contribution is 6.28. The maximum absolute atomic E-state index is 11.9. The molecule has 1 amide bonds. The van der Waals surface area contributed by atoms with Crippen LogP contribution in [0.25, 0.3) is 11.0 Å². The number of aromatic nitrogens is 4. The van der Waals surface area contributed by atoms with Gasteiger partial charge in [-0.15, -0.1) is 0 Å². The number of aryl methyl sites for hydroxylation is 1. The molecule has 2 aromatic heterocycles. The lowest BCUT2D eigenvalue weighted by Crippen LogP contribution is -2.46. The van der Waals surface area contributed by atoms with Gasteiger partial charge >= 0.3 is 6.09 Å². The van der Waals surface area contributed by atoms with Crippen molar-refractivity contribution in [1.82, 2.24) is 25.1 Å². The maximum atomic E-state index is 11.9. The Morgan fingerprint density at radius 2 is 2.00 bits per heavy atom. The highest BCUT2D eigenvalue weighted by atomic mass is 35.5. The van der Waals surface area contributed by atoms with Crippen molar-refractivity contribution in [3.05, 3.63) is 11.5 Å². The Bertz CT molecular complexity index is 777. The zero-order chi connectivity index (χ0) is 18.2. The zero-order valence-electron chi connectivity index (χ0n) is 14.9. The SMILES string of the molecule is Cn1ncc2c(N3CCC(NC(=O)OC(C)(C)C)CC3)nc(Cl)nc21. The summed E-state index contributed by atoms with van der Waals surface area (Å²) >= 11 is 6.07. The number of nitrogens with zero attached hydrogens (tertiary/aromatic N) is 5. The van der Waals surface area contributed by atoms with Crippen LogP contribution >= 0.6 is 11.6 Å². The second-order valence-corrected chi connectivity index (χ2v) is 7.57. The van der Waals surface area contributed by atoms with Crippen molar-refractivity contribution >= 4 is 34.5 Å². The van der Waals surface area contributed by atoms with Gasteiger partial charge in [0.15, 0.2) is 5.65 Å². The van der Waals surface area contributed by atoms with Gasteiger partial charge < -0.3 is 15.0 Å². The van der Waals surface area contributed by atoms with Crippen molar-refractivity contribution in [2.75, 3.05) is 18.0 Å². The molecule has 1 fully saturated rings. The van der Waals surface area contributed by atoms with Crippen LogP contribution in [0, 0.1) is 0 Å². The molecule has 0 spiro atoms. The fourth-order valence-electron chi connectivity index (χ4n) is 2.93. The fraction of sp³-hybridized carbons (Fsp3) is 0.625. The molecule has 0 radical (unpaired) electrons. The standard InChI is InChI=1S/C16H23ClN6O2/c1-16(2,3)25-15(24)19-10-5-7-23(8-6-10)13-11-9-18-22(4)12(11)20-14(17)21-13/h9-10H,5-8H2,1-4H3,(H,19,24). The van der Waals surface area contributed by atoms with Crippen LogP contribution < -0.4 is 10.2 Å². The molecule has 0 atom stereocenters. The number of anilines is 1. The number of hydrogen-bond donors (Lipinski definition) is 1. The van der Waals surface area contributed by atoms with E-state index in [2.05, 4.69) is 25.3 Å². The van der Waals surface area contributed by atoms with Gasteiger partial charge in [-0.3, -0.25) is 4.68 Å². The highest BCUT2D eigenvalue weighted by Crippen LogP contribution is 2.27. The van der Waals surface area contributed by atoms with E-state index in [1.807, 2.05) is 27.8 Å². The lowest BCUT2D eigenvalue weighted by atomic mass is 10.1. The van der Waals surface area contributed by atoms with Crippen LogP contribution in [-0.2, 0) is 11.8 Å². The smallest absolute Gasteiger partial charge is 0.407 e. The first-order valence-corrected chi connectivity index (χ1v) is 8.70. The molecule has 3 rings (SSSR count). The summed E-state index contributed by atoms with van der Waals surface area (Å²) in [5, 5.41) is 8.26. The van der Waals surface area contributed by atoms with E-state index >= 15 is 0 Å². The van der Waals surface area contributed by atoms with Gasteiger partial charge in [0.2, 0.25) is 5.28 Å². The molecule has 1 aliphatic rings. The lowest BCUT2D eigenvalue weighted by Gasteiger charge is -2.33. The Morgan fingerprint density at radius 1 is 1.32 bits per heavy atom. The summed E-state index contributed by atoms with van der Waals surface area (Å²) in [7, 11) is 1.83. The van der Waals surface area contributed by atoms with E-state index in [-0.39, 0.29) is 17.4 Å². The number of piperidine rings is 1. The summed E-state index contributed by atoms with van der Waals surface area (Å²) in [6, 6.07) is 0.0906. The van der Waals surface area contributed by atoms with Gasteiger partial charge in [0, 0.05) is 26.2 Å². The van der Waals surface area contributed by atoms with Gasteiger partial charge in [-0.1, -0.05) is 0 Å². The van der Waals surface area contributed by atoms with Crippen molar-refractivity contribution in [3.8, 4) is 0 Å². The third kappa shape index (κ3) is 4.12. The largest absolute Gasteiger partial charge is 0.444 e. The highest BCUT2D eigenvalue weighted by Gasteiger charge is 2.26. The topological polar surface area (TPSA) is 85.2 Å². The van der Waals surface area contributed by atoms with E-state index in [0.717, 1.165) is 37.1 Å². The molecule has 8 nitrogen and oxygen atoms in total. The number of nitrogens with one attached hydrogen (secondary N) is 1. The molecule has 2 aromatic rings. The van der Waals surface area contributed by atoms with Crippen LogP contribution in [0.1, 0.15) is 33.6 Å². The van der Waals surface area contributed by atoms with E-state index in [0.29, 0.717) is 5.65 Å². The quantitative estimate of drug-likeness (QED) is 0.822. The monoisotopic (exact) mass is 366 g/mol. The average Bonchev–Trinajstić information content (AvgIpc) is 2.87. The third-order valence-electron chi connectivity index (χ3n) is 4.06. The summed E-state index contributed by atoms with van der Waals surface area (Å²) < 4.78 is 7.00. The van der Waals surface area contributed by atoms with Crippen LogP contribution in [0.3, 0.4) is 0 Å². The van der Waals surface area contributed by atoms with Gasteiger partial charge in [-0.2, -0.15) is 15.1 Å². The number of ether oxygens (including phenoxy) is 1. The van der Waals surface area contributed by atoms with Crippen molar-refractivity contribution in [1.29, 1.82) is 0 Å². The number of alkyl carbamates (subject to hydrolysis) is 1. The Balaban J connectivity index is 1.66. The van der Waals surface area contributed by atoms with E-state index in [9.17, 15) is 4.79 Å². The summed E-state index contributed by atoms with van der Waals surface area (Å²) in [5.74, 6) is 0.791. The molecule has 3 heterocycles. The summed E-state index contributed by atoms with van der Waals surface area (Å²) in [6.07, 6.45) is 3.00. The number of carbonyl (C=O) groups excluding carboxylic acids is 1. The van der Waals surface area contributed by atoms with Crippen LogP contribution in [-0.4, -0.2) is 50.6 Å². The lowest BCUT2D eigenvalue weighted by molar-refractivity contribution is 0.0497. The summed E-state index contributed by atoms with van der Waals surface area (Å²) in [5.41, 5.74) is 0.220. The van der Waals surface area contributed by atoms with Gasteiger partial charge in [-0.05, 0) is 45.2 Å². The molecule has 1 aliphatic heterocycles. The molecule has 136 valence electrons. The zero-order valence-corrected chi connectivity index (χ0v) is 15.7. The molecule has 0 saturated carbocycles. The molecular formula is C16H23ClN6O2. The molecule has 25 heavy (non-hydrogen) atoms. The van der Waals surface area contributed by atoms with E-state index in [4.69, 9.17) is 16.3 Å². The average molecular weight is 367 g/mol. The minimum absolute atomic E-state index is 0.0906. The molecular weight excluding hydrogens is 344 g/mol. The number of fused-ring (bicyclic) bond motifs is 1. The number of amides is 1. The maximum Gasteiger partial charge on any atom is 0.407 e. The molecule has 9 heteroatoms. The summed E-state index contributed by atoms with van der Waals surface area (Å²) in [4.78, 5) is 22.7. The van der Waals surface area contributed by atoms with Crippen molar-refractivity contribution in [2.24, 2.45) is 7.05 Å². The Hall–Kier alpha value is -2.09. The predicted molar refractivity (Wildman–Crippen MR) is 95.9 cm³/mol. The number of hydrogen-bond acceptors (Lipinski definition) is 6. The predicted octanol–water partition coefficient (Wildman–Crippen LogP) is 2.51. The number of rotatable bonds is 2. The minimum Gasteiger partial charge on any atom is -0.444 e. The van der Waals surface area contributed by atoms with Crippen LogP contribution in [0.2, 0.25) is 5.28 Å². The van der Waals surface area contributed by atoms with E-state index < -0.39 is 5.60 Å². The fourth-order valence-corrected chi connectivity index (χ4v) is 3.09. The van der Waals surface area contributed by atoms with Gasteiger partial charge in [0.1, 0.15) is 11.4 Å². The van der Waals surface area contributed by atoms with Crippen LogP contribution in [0.4, 0.5) is 10.6 Å². The number of carbonyl (C=O) groups is 1. The van der Waals surface area contributed by atoms with Gasteiger partial charge in [-0.25, -0.2) is 4.79 Å². The van der Waals surface area contributed by atoms with Crippen molar-refractivity contribution in [2.45, 2.75) is 45.3 Å². The van der Waals surface area contributed by atoms with Gasteiger partial charge in [0.05, 0.1) is 11.6 Å². The van der Waals surface area contributed by atoms with E-state index in [1.54, 1.807) is 10.9 Å². The first kappa shape index (κ1) is 17.7. The van der Waals surface area contributed by atoms with Crippen LogP contribution in [0.15, 0.2) is 6.20 Å². The number of halogens is 1. The van der Waals surface area contributed by atoms with Crippen molar-refractivity contribution in [3.63, 3.8) is 0 Å². The third-order valence-corrected chi connectivity index (χ3v) is 4.23. The minimum atomic E-state index is -0.492. The molecule has 1 N–H and O–H groups in total. The summed E-state index contributed by atoms with van der Waals surface area (Å²) in [6.45, 7) is 7.09. The van der Waals surface area contributed by atoms with E-state index in [1.165, 1.54) is 0 Å². The van der Waals surface area contributed by atoms with Crippen LogP contribution in [0.5, 0.6) is 0 Å². The molecule has 0 unspecified atom stereocenters. The van der Waals surface area contributed by atoms with Gasteiger partial charge in [0.25, 0.3) is 0 Å². The second kappa shape index (κ2) is 6.67. The first-order chi connectivity index (χ1) is 11.7. The Labute approximate surface area is 151 Å². The second-order valence-electron chi connectivity index (χ2n) is 7.23. The van der Waals surface area contributed by atoms with Crippen molar-refractivity contribution < 1.29 is 9.53 Å². The Kier molecular flexibility index (Phi) is 4.73. The first-order valence-electron chi connectivity index (χ1n) is 8.32. The molecule has 0 bridgehead atoms. The molecule has 1 saturated heterocycles. The molecule has 0 aliphatic carbocycles. The normalized spacial score (nSPS) is 16.3.